The fourth-order valence-corrected chi connectivity index (χ4v) is 1.26. The number of nitrogens with zero attached hydrogens (tertiary/aromatic N) is 1. The number of hydrogen-bond donors (Lipinski definition) is 2. The molecule has 0 aliphatic heterocycles. The van der Waals surface area contributed by atoms with Crippen LogP contribution in [0.25, 0.3) is 0 Å². The number of aliphatic hydroxyl groups excluding tert-OH is 1. The summed E-state index contributed by atoms with van der Waals surface area (Å²) < 4.78 is 0. The maximum absolute atomic E-state index is 8.88. The predicted molar refractivity (Wildman–Crippen MR) is 56.6 cm³/mol. The van der Waals surface area contributed by atoms with Gasteiger partial charge in [0.25, 0.3) is 0 Å². The highest BCUT2D eigenvalue weighted by Crippen LogP contribution is 2.16. The molecule has 80 valence electrons. The quantitative estimate of drug-likeness (QED) is 0.644. The third-order valence-corrected chi connectivity index (χ3v) is 2.30. The van der Waals surface area contributed by atoms with Crippen molar-refractivity contribution in [1.29, 1.82) is 0 Å². The lowest BCUT2D eigenvalue weighted by atomic mass is 9.92. The highest BCUT2D eigenvalue weighted by molar-refractivity contribution is 4.76. The van der Waals surface area contributed by atoms with Crippen LogP contribution in [0.15, 0.2) is 0 Å². The van der Waals surface area contributed by atoms with Crippen LogP contribution in [0.3, 0.4) is 0 Å². The fraction of sp³-hybridized carbons (Fsp3) is 1.00. The molecule has 0 radical (unpaired) electrons. The summed E-state index contributed by atoms with van der Waals surface area (Å²) in [5.74, 6) is 0. The first-order valence-corrected chi connectivity index (χ1v) is 4.98. The molecule has 0 rings (SSSR count). The van der Waals surface area contributed by atoms with Gasteiger partial charge in [0.05, 0.1) is 6.61 Å². The van der Waals surface area contributed by atoms with Gasteiger partial charge in [-0.15, -0.1) is 0 Å². The molecule has 0 amide bonds. The van der Waals surface area contributed by atoms with Gasteiger partial charge in [-0.25, -0.2) is 0 Å². The van der Waals surface area contributed by atoms with Crippen molar-refractivity contribution in [1.82, 2.24) is 4.90 Å². The third-order valence-electron chi connectivity index (χ3n) is 2.30. The first-order valence-electron chi connectivity index (χ1n) is 4.98. The Morgan fingerprint density at radius 2 is 1.92 bits per heavy atom. The fourth-order valence-electron chi connectivity index (χ4n) is 1.26. The molecule has 0 saturated carbocycles. The Bertz CT molecular complexity index is 135. The van der Waals surface area contributed by atoms with E-state index in [1.165, 1.54) is 0 Å². The van der Waals surface area contributed by atoms with Gasteiger partial charge in [-0.1, -0.05) is 13.8 Å². The van der Waals surface area contributed by atoms with E-state index < -0.39 is 0 Å². The smallest absolute Gasteiger partial charge is 0.0558 e. The van der Waals surface area contributed by atoms with Crippen molar-refractivity contribution in [2.75, 3.05) is 26.2 Å². The Balaban J connectivity index is 4.08. The first-order chi connectivity index (χ1) is 5.93. The normalized spacial score (nSPS) is 12.9. The number of nitrogens with two attached hydrogens (primary N) is 1. The summed E-state index contributed by atoms with van der Waals surface area (Å²) in [4.78, 5) is 2.26. The monoisotopic (exact) mass is 188 g/mol. The Kier molecular flexibility index (Phi) is 5.53. The first kappa shape index (κ1) is 12.9. The van der Waals surface area contributed by atoms with Gasteiger partial charge >= 0.3 is 0 Å². The second-order valence-electron chi connectivity index (χ2n) is 4.66. The molecule has 0 saturated heterocycles. The highest BCUT2D eigenvalue weighted by atomic mass is 16.3. The zero-order valence-electron chi connectivity index (χ0n) is 9.38. The van der Waals surface area contributed by atoms with Crippen molar-refractivity contribution >= 4 is 0 Å². The molecule has 3 heteroatoms. The average Bonchev–Trinajstić information content (AvgIpc) is 2.03. The molecule has 0 aliphatic rings. The summed E-state index contributed by atoms with van der Waals surface area (Å²) in [5, 5.41) is 8.88. The van der Waals surface area contributed by atoms with Gasteiger partial charge in [0.15, 0.2) is 0 Å². The van der Waals surface area contributed by atoms with Gasteiger partial charge in [-0.05, 0) is 25.8 Å². The van der Waals surface area contributed by atoms with E-state index in [9.17, 15) is 0 Å². The van der Waals surface area contributed by atoms with Crippen LogP contribution < -0.4 is 5.73 Å². The molecule has 3 nitrogen and oxygen atoms in total. The van der Waals surface area contributed by atoms with Crippen molar-refractivity contribution < 1.29 is 5.11 Å². The molecule has 3 N–H and O–H groups in total. The second kappa shape index (κ2) is 5.58. The van der Waals surface area contributed by atoms with E-state index in [0.29, 0.717) is 12.6 Å². The number of aliphatic hydroxyl groups is 1. The Labute approximate surface area is 81.9 Å². The van der Waals surface area contributed by atoms with E-state index in [4.69, 9.17) is 10.8 Å². The van der Waals surface area contributed by atoms with Gasteiger partial charge < -0.3 is 10.8 Å². The molecule has 0 atom stereocenters. The van der Waals surface area contributed by atoms with Crippen LogP contribution in [0.2, 0.25) is 0 Å². The summed E-state index contributed by atoms with van der Waals surface area (Å²) >= 11 is 0. The minimum atomic E-state index is 0.138. The van der Waals surface area contributed by atoms with Crippen LogP contribution in [-0.4, -0.2) is 42.3 Å². The molecule has 0 bridgehead atoms. The van der Waals surface area contributed by atoms with Gasteiger partial charge in [0, 0.05) is 19.1 Å². The molecule has 0 aromatic heterocycles. The third kappa shape index (κ3) is 5.24. The predicted octanol–water partition coefficient (Wildman–Crippen LogP) is 0.674. The Morgan fingerprint density at radius 1 is 1.38 bits per heavy atom. The van der Waals surface area contributed by atoms with Crippen LogP contribution in [0.5, 0.6) is 0 Å². The molecule has 13 heavy (non-hydrogen) atoms. The van der Waals surface area contributed by atoms with Crippen LogP contribution >= 0.6 is 0 Å². The summed E-state index contributed by atoms with van der Waals surface area (Å²) in [5.41, 5.74) is 5.80. The van der Waals surface area contributed by atoms with Crippen molar-refractivity contribution in [2.45, 2.75) is 33.7 Å². The van der Waals surface area contributed by atoms with Gasteiger partial charge in [0.2, 0.25) is 0 Å². The summed E-state index contributed by atoms with van der Waals surface area (Å²) in [6.45, 7) is 11.2. The lowest BCUT2D eigenvalue weighted by molar-refractivity contribution is 0.119. The van der Waals surface area contributed by atoms with E-state index in [2.05, 4.69) is 32.6 Å². The van der Waals surface area contributed by atoms with Crippen LogP contribution in [0.4, 0.5) is 0 Å². The van der Waals surface area contributed by atoms with Gasteiger partial charge in [-0.2, -0.15) is 0 Å². The van der Waals surface area contributed by atoms with E-state index in [0.717, 1.165) is 13.1 Å². The molecule has 0 aliphatic carbocycles. The standard InChI is InChI=1S/C10H24N2O/c1-9(2)12(5-6-13)8-10(3,4)7-11/h9,13H,5-8,11H2,1-4H3. The molecule has 0 spiro atoms. The lowest BCUT2D eigenvalue weighted by Crippen LogP contribution is -2.43. The Morgan fingerprint density at radius 3 is 2.23 bits per heavy atom. The molecule has 0 aromatic rings. The van der Waals surface area contributed by atoms with Crippen LogP contribution in [0.1, 0.15) is 27.7 Å². The van der Waals surface area contributed by atoms with E-state index in [1.54, 1.807) is 0 Å². The van der Waals surface area contributed by atoms with Gasteiger partial charge in [0.1, 0.15) is 0 Å². The molecule has 0 aromatic carbocycles. The number of hydrogen-bond acceptors (Lipinski definition) is 3. The minimum Gasteiger partial charge on any atom is -0.395 e. The summed E-state index contributed by atoms with van der Waals surface area (Å²) in [6, 6.07) is 0.470. The van der Waals surface area contributed by atoms with E-state index in [-0.39, 0.29) is 12.0 Å². The largest absolute Gasteiger partial charge is 0.395 e. The zero-order chi connectivity index (χ0) is 10.5. The molecular weight excluding hydrogens is 164 g/mol. The average molecular weight is 188 g/mol. The highest BCUT2D eigenvalue weighted by Gasteiger charge is 2.21. The van der Waals surface area contributed by atoms with E-state index >= 15 is 0 Å². The zero-order valence-corrected chi connectivity index (χ0v) is 9.38. The summed E-state index contributed by atoms with van der Waals surface area (Å²) in [6.07, 6.45) is 0. The molecular formula is C10H24N2O. The number of rotatable bonds is 6. The second-order valence-corrected chi connectivity index (χ2v) is 4.66. The molecule has 0 heterocycles. The van der Waals surface area contributed by atoms with Gasteiger partial charge in [-0.3, -0.25) is 4.90 Å². The van der Waals surface area contributed by atoms with Crippen LogP contribution in [0, 0.1) is 5.41 Å². The maximum Gasteiger partial charge on any atom is 0.0558 e. The molecule has 0 unspecified atom stereocenters. The van der Waals surface area contributed by atoms with Crippen molar-refractivity contribution in [3.8, 4) is 0 Å². The summed E-state index contributed by atoms with van der Waals surface area (Å²) in [7, 11) is 0. The van der Waals surface area contributed by atoms with E-state index in [1.807, 2.05) is 0 Å². The molecule has 0 fully saturated rings. The van der Waals surface area contributed by atoms with Crippen molar-refractivity contribution in [2.24, 2.45) is 11.1 Å². The van der Waals surface area contributed by atoms with Crippen LogP contribution in [-0.2, 0) is 0 Å². The SMILES string of the molecule is CC(C)N(CCO)CC(C)(C)CN. The van der Waals surface area contributed by atoms with Crippen molar-refractivity contribution in [3.63, 3.8) is 0 Å². The lowest BCUT2D eigenvalue weighted by Gasteiger charge is -2.34. The maximum atomic E-state index is 8.88. The van der Waals surface area contributed by atoms with Crippen molar-refractivity contribution in [3.05, 3.63) is 0 Å². The minimum absolute atomic E-state index is 0.138. The topological polar surface area (TPSA) is 49.5 Å². The Hall–Kier alpha value is -0.120.